The normalized spacial score (nSPS) is 24.2. The minimum absolute atomic E-state index is 0. The van der Waals surface area contributed by atoms with E-state index >= 15 is 0 Å². The molecule has 1 aliphatic heterocycles. The number of hydrogen-bond acceptors (Lipinski definition) is 4. The molecule has 2 aliphatic rings. The lowest BCUT2D eigenvalue weighted by molar-refractivity contribution is -0.130. The molecule has 3 N–H and O–H groups in total. The van der Waals surface area contributed by atoms with Crippen molar-refractivity contribution in [3.05, 3.63) is 0 Å². The molecule has 5 nitrogen and oxygen atoms in total. The fourth-order valence-electron chi connectivity index (χ4n) is 3.80. The van der Waals surface area contributed by atoms with Crippen molar-refractivity contribution >= 4 is 30.7 Å². The predicted molar refractivity (Wildman–Crippen MR) is 103 cm³/mol. The lowest BCUT2D eigenvalue weighted by atomic mass is 9.79. The summed E-state index contributed by atoms with van der Waals surface area (Å²) in [4.78, 5) is 14.7. The highest BCUT2D eigenvalue weighted by Crippen LogP contribution is 2.36. The van der Waals surface area contributed by atoms with Crippen LogP contribution in [0.1, 0.15) is 59.3 Å². The first-order valence-corrected chi connectivity index (χ1v) is 8.81. The van der Waals surface area contributed by atoms with E-state index < -0.39 is 0 Å². The number of hydrogen-bond donors (Lipinski definition) is 2. The minimum Gasteiger partial charge on any atom is -0.373 e. The first-order valence-electron chi connectivity index (χ1n) is 8.81. The summed E-state index contributed by atoms with van der Waals surface area (Å²) in [5.74, 6) is -0.0139. The van der Waals surface area contributed by atoms with Gasteiger partial charge in [-0.25, -0.2) is 0 Å². The smallest absolute Gasteiger partial charge is 0.236 e. The van der Waals surface area contributed by atoms with Crippen LogP contribution in [0, 0.1) is 0 Å². The van der Waals surface area contributed by atoms with Crippen LogP contribution >= 0.6 is 24.8 Å². The lowest BCUT2D eigenvalue weighted by Gasteiger charge is -2.51. The highest BCUT2D eigenvalue weighted by atomic mass is 35.5. The van der Waals surface area contributed by atoms with Crippen LogP contribution in [0.2, 0.25) is 0 Å². The lowest BCUT2D eigenvalue weighted by Crippen LogP contribution is -2.63. The Bertz CT molecular complexity index is 388. The van der Waals surface area contributed by atoms with Gasteiger partial charge in [-0.2, -0.15) is 0 Å². The summed E-state index contributed by atoms with van der Waals surface area (Å²) >= 11 is 0. The third kappa shape index (κ3) is 6.03. The summed E-state index contributed by atoms with van der Waals surface area (Å²) in [5.41, 5.74) is 5.83. The average molecular weight is 384 g/mol. The number of nitrogens with one attached hydrogen (secondary N) is 1. The largest absolute Gasteiger partial charge is 0.373 e. The maximum absolute atomic E-state index is 12.1. The fraction of sp³-hybridized carbons (Fsp3) is 0.941. The van der Waals surface area contributed by atoms with E-state index in [0.717, 1.165) is 39.1 Å². The molecule has 0 unspecified atom stereocenters. The number of amides is 1. The Balaban J connectivity index is 0.00000264. The second kappa shape index (κ2) is 10.2. The molecule has 1 saturated carbocycles. The molecule has 1 atom stereocenters. The van der Waals surface area contributed by atoms with E-state index in [-0.39, 0.29) is 47.9 Å². The SMILES string of the molecule is CC[C@H](N)C(=O)NCC1(N2CCOC(C)(C)C2)CCCCC1.Cl.Cl. The second-order valence-electron chi connectivity index (χ2n) is 7.55. The number of ether oxygens (including phenoxy) is 1. The summed E-state index contributed by atoms with van der Waals surface area (Å²) in [5, 5.41) is 3.12. The average Bonchev–Trinajstić information content (AvgIpc) is 2.51. The molecule has 1 amide bonds. The monoisotopic (exact) mass is 383 g/mol. The summed E-state index contributed by atoms with van der Waals surface area (Å²) in [6.07, 6.45) is 6.79. The molecule has 0 spiro atoms. The van der Waals surface area contributed by atoms with E-state index in [1.165, 1.54) is 19.3 Å². The number of carbonyl (C=O) groups is 1. The molecular weight excluding hydrogens is 349 g/mol. The zero-order chi connectivity index (χ0) is 16.2. The maximum atomic E-state index is 12.1. The van der Waals surface area contributed by atoms with Crippen molar-refractivity contribution in [3.63, 3.8) is 0 Å². The molecule has 24 heavy (non-hydrogen) atoms. The van der Waals surface area contributed by atoms with Gasteiger partial charge >= 0.3 is 0 Å². The van der Waals surface area contributed by atoms with Crippen LogP contribution in [-0.4, -0.2) is 54.2 Å². The highest BCUT2D eigenvalue weighted by Gasteiger charge is 2.42. The van der Waals surface area contributed by atoms with Crippen LogP contribution in [0.4, 0.5) is 0 Å². The number of morpholine rings is 1. The van der Waals surface area contributed by atoms with Gasteiger partial charge in [0.1, 0.15) is 0 Å². The zero-order valence-electron chi connectivity index (χ0n) is 15.3. The Morgan fingerprint density at radius 1 is 1.25 bits per heavy atom. The molecule has 0 bridgehead atoms. The Kier molecular flexibility index (Phi) is 10.1. The van der Waals surface area contributed by atoms with E-state index in [0.29, 0.717) is 6.42 Å². The molecule has 1 saturated heterocycles. The Hall–Kier alpha value is -0.0700. The van der Waals surface area contributed by atoms with Gasteiger partial charge in [0.15, 0.2) is 0 Å². The van der Waals surface area contributed by atoms with E-state index in [1.54, 1.807) is 0 Å². The van der Waals surface area contributed by atoms with Crippen molar-refractivity contribution in [1.82, 2.24) is 10.2 Å². The topological polar surface area (TPSA) is 67.6 Å². The van der Waals surface area contributed by atoms with E-state index in [2.05, 4.69) is 24.1 Å². The molecule has 0 aromatic carbocycles. The fourth-order valence-corrected chi connectivity index (χ4v) is 3.80. The van der Waals surface area contributed by atoms with Crippen molar-refractivity contribution in [2.45, 2.75) is 76.5 Å². The van der Waals surface area contributed by atoms with Crippen molar-refractivity contribution in [2.75, 3.05) is 26.2 Å². The molecule has 0 radical (unpaired) electrons. The number of halogens is 2. The van der Waals surface area contributed by atoms with Crippen LogP contribution < -0.4 is 11.1 Å². The number of carbonyl (C=O) groups excluding carboxylic acids is 1. The molecule has 0 aromatic rings. The molecule has 1 aliphatic carbocycles. The first-order chi connectivity index (χ1) is 10.4. The standard InChI is InChI=1S/C17H33N3O2.2ClH/c1-4-14(18)15(21)19-12-17(8-6-5-7-9-17)20-10-11-22-16(2,3)13-20;;/h14H,4-13,18H2,1-3H3,(H,19,21);2*1H/t14-;;/m0../s1. The molecular formula is C17H35Cl2N3O2. The van der Waals surface area contributed by atoms with Crippen LogP contribution in [0.25, 0.3) is 0 Å². The van der Waals surface area contributed by atoms with Gasteiger partial charge in [0.25, 0.3) is 0 Å². The molecule has 1 heterocycles. The van der Waals surface area contributed by atoms with Crippen molar-refractivity contribution in [2.24, 2.45) is 5.73 Å². The van der Waals surface area contributed by atoms with Gasteiger partial charge in [0, 0.05) is 25.2 Å². The Morgan fingerprint density at radius 3 is 2.42 bits per heavy atom. The van der Waals surface area contributed by atoms with Gasteiger partial charge in [-0.1, -0.05) is 26.2 Å². The Labute approximate surface area is 159 Å². The molecule has 144 valence electrons. The third-order valence-electron chi connectivity index (χ3n) is 5.25. The quantitative estimate of drug-likeness (QED) is 0.764. The Morgan fingerprint density at radius 2 is 1.88 bits per heavy atom. The highest BCUT2D eigenvalue weighted by molar-refractivity contribution is 5.85. The molecule has 7 heteroatoms. The molecule has 0 aromatic heterocycles. The number of nitrogens with two attached hydrogens (primary N) is 1. The minimum atomic E-state index is -0.387. The number of rotatable bonds is 5. The van der Waals surface area contributed by atoms with Crippen molar-refractivity contribution in [1.29, 1.82) is 0 Å². The summed E-state index contributed by atoms with van der Waals surface area (Å²) in [6, 6.07) is -0.387. The zero-order valence-corrected chi connectivity index (χ0v) is 16.9. The first kappa shape index (κ1) is 23.9. The van der Waals surface area contributed by atoms with Crippen molar-refractivity contribution < 1.29 is 9.53 Å². The second-order valence-corrected chi connectivity index (χ2v) is 7.55. The van der Waals surface area contributed by atoms with Gasteiger partial charge in [-0.15, -0.1) is 24.8 Å². The maximum Gasteiger partial charge on any atom is 0.236 e. The number of nitrogens with zero attached hydrogens (tertiary/aromatic N) is 1. The molecule has 2 rings (SSSR count). The predicted octanol–water partition coefficient (Wildman–Crippen LogP) is 2.50. The van der Waals surface area contributed by atoms with Crippen molar-refractivity contribution in [3.8, 4) is 0 Å². The van der Waals surface area contributed by atoms with Gasteiger partial charge < -0.3 is 15.8 Å². The van der Waals surface area contributed by atoms with Gasteiger partial charge in [0.05, 0.1) is 18.2 Å². The van der Waals surface area contributed by atoms with Crippen LogP contribution in [0.5, 0.6) is 0 Å². The van der Waals surface area contributed by atoms with Crippen LogP contribution in [0.3, 0.4) is 0 Å². The summed E-state index contributed by atoms with van der Waals surface area (Å²) in [7, 11) is 0. The van der Waals surface area contributed by atoms with Gasteiger partial charge in [-0.3, -0.25) is 9.69 Å². The summed E-state index contributed by atoms with van der Waals surface area (Å²) in [6.45, 7) is 9.64. The van der Waals surface area contributed by atoms with E-state index in [9.17, 15) is 4.79 Å². The van der Waals surface area contributed by atoms with Gasteiger partial charge in [0.2, 0.25) is 5.91 Å². The molecule has 2 fully saturated rings. The third-order valence-corrected chi connectivity index (χ3v) is 5.25. The summed E-state index contributed by atoms with van der Waals surface area (Å²) < 4.78 is 5.86. The van der Waals surface area contributed by atoms with E-state index in [1.807, 2.05) is 6.92 Å². The van der Waals surface area contributed by atoms with E-state index in [4.69, 9.17) is 10.5 Å². The van der Waals surface area contributed by atoms with Crippen LogP contribution in [-0.2, 0) is 9.53 Å². The van der Waals surface area contributed by atoms with Crippen LogP contribution in [0.15, 0.2) is 0 Å². The van der Waals surface area contributed by atoms with Gasteiger partial charge in [-0.05, 0) is 33.1 Å².